The molecule has 0 bridgehead atoms. The van der Waals surface area contributed by atoms with E-state index in [4.69, 9.17) is 6.42 Å². The Morgan fingerprint density at radius 1 is 1.73 bits per heavy atom. The first-order valence-corrected chi connectivity index (χ1v) is 5.85. The normalized spacial score (nSPS) is 44.8. The van der Waals surface area contributed by atoms with Gasteiger partial charge < -0.3 is 4.89 Å². The van der Waals surface area contributed by atoms with Gasteiger partial charge in [-0.05, 0) is 12.3 Å². The van der Waals surface area contributed by atoms with Crippen LogP contribution < -0.4 is 0 Å². The molecule has 1 saturated heterocycles. The second-order valence-corrected chi connectivity index (χ2v) is 5.80. The fraction of sp³-hybridized carbons (Fsp3) is 0.750. The van der Waals surface area contributed by atoms with E-state index in [1.807, 2.05) is 6.92 Å². The minimum Gasteiger partial charge on any atom is -0.344 e. The second-order valence-electron chi connectivity index (χ2n) is 3.29. The fourth-order valence-electron chi connectivity index (χ4n) is 1.40. The van der Waals surface area contributed by atoms with Crippen LogP contribution in [-0.2, 0) is 4.57 Å². The van der Waals surface area contributed by atoms with E-state index in [0.717, 1.165) is 6.42 Å². The maximum absolute atomic E-state index is 11.2. The van der Waals surface area contributed by atoms with Crippen LogP contribution in [0.25, 0.3) is 0 Å². The Balaban J connectivity index is 2.68. The van der Waals surface area contributed by atoms with Gasteiger partial charge in [0.1, 0.15) is 0 Å². The third-order valence-electron chi connectivity index (χ3n) is 2.32. The standard InChI is InChI=1S/C8H13O2P/c1-3-8-6-11(9,10)5-4-7(8)2/h1,7-8H,4-6H2,2H3,(H,9,10). The van der Waals surface area contributed by atoms with E-state index in [-0.39, 0.29) is 5.92 Å². The van der Waals surface area contributed by atoms with Gasteiger partial charge in [-0.3, -0.25) is 4.57 Å². The van der Waals surface area contributed by atoms with Crippen molar-refractivity contribution in [1.29, 1.82) is 0 Å². The molecule has 11 heavy (non-hydrogen) atoms. The summed E-state index contributed by atoms with van der Waals surface area (Å²) in [5.41, 5.74) is 0. The van der Waals surface area contributed by atoms with E-state index in [2.05, 4.69) is 5.92 Å². The molecule has 62 valence electrons. The lowest BCUT2D eigenvalue weighted by atomic mass is 9.94. The van der Waals surface area contributed by atoms with E-state index in [9.17, 15) is 9.46 Å². The van der Waals surface area contributed by atoms with Crippen molar-refractivity contribution in [3.63, 3.8) is 0 Å². The van der Waals surface area contributed by atoms with Gasteiger partial charge in [-0.2, -0.15) is 0 Å². The molecule has 0 saturated carbocycles. The minimum absolute atomic E-state index is 0.0135. The average Bonchev–Trinajstić information content (AvgIpc) is 1.94. The summed E-state index contributed by atoms with van der Waals surface area (Å²) in [4.78, 5) is 9.25. The van der Waals surface area contributed by atoms with Crippen LogP contribution in [0.5, 0.6) is 0 Å². The van der Waals surface area contributed by atoms with Gasteiger partial charge in [0.25, 0.3) is 0 Å². The van der Waals surface area contributed by atoms with Gasteiger partial charge in [0.2, 0.25) is 7.37 Å². The number of hydrogen-bond acceptors (Lipinski definition) is 1. The highest BCUT2D eigenvalue weighted by Gasteiger charge is 2.32. The molecule has 1 fully saturated rings. The van der Waals surface area contributed by atoms with E-state index >= 15 is 0 Å². The van der Waals surface area contributed by atoms with Gasteiger partial charge in [0, 0.05) is 18.2 Å². The highest BCUT2D eigenvalue weighted by molar-refractivity contribution is 7.58. The maximum Gasteiger partial charge on any atom is 0.201 e. The van der Waals surface area contributed by atoms with Gasteiger partial charge >= 0.3 is 0 Å². The molecular weight excluding hydrogens is 159 g/mol. The largest absolute Gasteiger partial charge is 0.344 e. The summed E-state index contributed by atoms with van der Waals surface area (Å²) in [6.45, 7) is 2.05. The molecule has 1 N–H and O–H groups in total. The highest BCUT2D eigenvalue weighted by atomic mass is 31.2. The third-order valence-corrected chi connectivity index (χ3v) is 4.24. The van der Waals surface area contributed by atoms with E-state index in [0.29, 0.717) is 18.2 Å². The first-order chi connectivity index (χ1) is 5.05. The lowest BCUT2D eigenvalue weighted by Crippen LogP contribution is -2.22. The summed E-state index contributed by atoms with van der Waals surface area (Å²) in [7, 11) is -2.84. The van der Waals surface area contributed by atoms with Crippen LogP contribution in [0.15, 0.2) is 0 Å². The quantitative estimate of drug-likeness (QED) is 0.444. The summed E-state index contributed by atoms with van der Waals surface area (Å²) in [5.74, 6) is 3.00. The topological polar surface area (TPSA) is 37.3 Å². The highest BCUT2D eigenvalue weighted by Crippen LogP contribution is 2.49. The predicted octanol–water partition coefficient (Wildman–Crippen LogP) is 1.55. The van der Waals surface area contributed by atoms with Crippen molar-refractivity contribution in [1.82, 2.24) is 0 Å². The van der Waals surface area contributed by atoms with E-state index in [1.165, 1.54) is 0 Å². The van der Waals surface area contributed by atoms with Crippen LogP contribution in [0.3, 0.4) is 0 Å². The molecule has 3 unspecified atom stereocenters. The number of hydrogen-bond donors (Lipinski definition) is 1. The van der Waals surface area contributed by atoms with E-state index < -0.39 is 7.37 Å². The van der Waals surface area contributed by atoms with Crippen molar-refractivity contribution < 1.29 is 9.46 Å². The molecule has 2 nitrogen and oxygen atoms in total. The molecule has 1 aliphatic rings. The Kier molecular flexibility index (Phi) is 2.42. The molecule has 3 atom stereocenters. The zero-order chi connectivity index (χ0) is 8.48. The molecule has 1 aliphatic heterocycles. The average molecular weight is 172 g/mol. The van der Waals surface area contributed by atoms with Gasteiger partial charge in [-0.1, -0.05) is 6.92 Å². The molecule has 0 amide bonds. The smallest absolute Gasteiger partial charge is 0.201 e. The maximum atomic E-state index is 11.2. The molecular formula is C8H13O2P. The Morgan fingerprint density at radius 2 is 2.36 bits per heavy atom. The molecule has 0 spiro atoms. The van der Waals surface area contributed by atoms with Gasteiger partial charge in [0.05, 0.1) is 0 Å². The van der Waals surface area contributed by atoms with Gasteiger partial charge in [0.15, 0.2) is 0 Å². The van der Waals surface area contributed by atoms with Crippen molar-refractivity contribution in [2.75, 3.05) is 12.3 Å². The zero-order valence-electron chi connectivity index (χ0n) is 6.66. The first kappa shape index (κ1) is 8.84. The summed E-state index contributed by atoms with van der Waals surface area (Å²) in [6.07, 6.45) is 6.80. The molecule has 3 heteroatoms. The van der Waals surface area contributed by atoms with Crippen LogP contribution in [0, 0.1) is 24.2 Å². The Hall–Kier alpha value is -0.250. The van der Waals surface area contributed by atoms with E-state index in [1.54, 1.807) is 0 Å². The van der Waals surface area contributed by atoms with Crippen LogP contribution in [0.1, 0.15) is 13.3 Å². The predicted molar refractivity (Wildman–Crippen MR) is 45.7 cm³/mol. The molecule has 1 heterocycles. The minimum atomic E-state index is -2.84. The summed E-state index contributed by atoms with van der Waals surface area (Å²) in [6, 6.07) is 0. The second kappa shape index (κ2) is 3.01. The van der Waals surface area contributed by atoms with Gasteiger partial charge in [-0.25, -0.2) is 0 Å². The van der Waals surface area contributed by atoms with Crippen LogP contribution in [-0.4, -0.2) is 17.2 Å². The number of terminal acetylenes is 1. The monoisotopic (exact) mass is 172 g/mol. The lowest BCUT2D eigenvalue weighted by molar-refractivity contribution is 0.391. The SMILES string of the molecule is C#CC1CP(=O)(O)CCC1C. The van der Waals surface area contributed by atoms with Gasteiger partial charge in [-0.15, -0.1) is 12.3 Å². The van der Waals surface area contributed by atoms with Crippen molar-refractivity contribution in [2.45, 2.75) is 13.3 Å². The molecule has 0 aromatic heterocycles. The Bertz CT molecular complexity index is 229. The molecule has 0 aromatic carbocycles. The first-order valence-electron chi connectivity index (χ1n) is 3.82. The van der Waals surface area contributed by atoms with Crippen LogP contribution in [0.2, 0.25) is 0 Å². The van der Waals surface area contributed by atoms with Crippen molar-refractivity contribution >= 4 is 7.37 Å². The van der Waals surface area contributed by atoms with Crippen molar-refractivity contribution in [3.05, 3.63) is 0 Å². The summed E-state index contributed by atoms with van der Waals surface area (Å²) in [5, 5.41) is 0. The van der Waals surface area contributed by atoms with Crippen molar-refractivity contribution in [3.8, 4) is 12.3 Å². The Morgan fingerprint density at radius 3 is 2.82 bits per heavy atom. The molecule has 0 radical (unpaired) electrons. The third kappa shape index (κ3) is 2.09. The molecule has 0 aromatic rings. The molecule has 1 rings (SSSR count). The van der Waals surface area contributed by atoms with Crippen molar-refractivity contribution in [2.24, 2.45) is 11.8 Å². The van der Waals surface area contributed by atoms with Crippen LogP contribution in [0.4, 0.5) is 0 Å². The summed E-state index contributed by atoms with van der Waals surface area (Å²) < 4.78 is 11.2. The summed E-state index contributed by atoms with van der Waals surface area (Å²) >= 11 is 0. The molecule has 0 aliphatic carbocycles. The fourth-order valence-corrected chi connectivity index (χ4v) is 3.48. The number of rotatable bonds is 0. The van der Waals surface area contributed by atoms with Crippen LogP contribution >= 0.6 is 7.37 Å². The lowest BCUT2D eigenvalue weighted by Gasteiger charge is -2.27. The Labute approximate surface area is 67.5 Å². The zero-order valence-corrected chi connectivity index (χ0v) is 7.55.